The summed E-state index contributed by atoms with van der Waals surface area (Å²) in [6.07, 6.45) is 5.23. The maximum Gasteiger partial charge on any atom is 0.323 e. The van der Waals surface area contributed by atoms with Crippen LogP contribution in [-0.4, -0.2) is 23.1 Å². The van der Waals surface area contributed by atoms with Crippen molar-refractivity contribution in [3.8, 4) is 0 Å². The lowest BCUT2D eigenvalue weighted by Gasteiger charge is -2.11. The third kappa shape index (κ3) is 8.42. The van der Waals surface area contributed by atoms with Gasteiger partial charge in [-0.05, 0) is 18.4 Å². The second-order valence-corrected chi connectivity index (χ2v) is 5.40. The molecule has 0 bridgehead atoms. The minimum Gasteiger partial charge on any atom is -0.481 e. The molecular weight excluding hydrogens is 282 g/mol. The molecule has 0 aliphatic heterocycles. The third-order valence-electron chi connectivity index (χ3n) is 3.43. The molecule has 0 aromatic heterocycles. The Balaban J connectivity index is 2.05. The molecular formula is C17H25NO4. The van der Waals surface area contributed by atoms with Gasteiger partial charge < -0.3 is 15.6 Å². The number of rotatable bonds is 11. The van der Waals surface area contributed by atoms with Gasteiger partial charge in [-0.15, -0.1) is 0 Å². The van der Waals surface area contributed by atoms with E-state index in [4.69, 9.17) is 15.6 Å². The number of hydrogen-bond acceptors (Lipinski definition) is 4. The Morgan fingerprint density at radius 1 is 1.05 bits per heavy atom. The normalized spacial score (nSPS) is 11.9. The van der Waals surface area contributed by atoms with Crippen molar-refractivity contribution < 1.29 is 19.4 Å². The molecule has 0 fully saturated rings. The Morgan fingerprint density at radius 2 is 1.68 bits per heavy atom. The van der Waals surface area contributed by atoms with Gasteiger partial charge in [-0.3, -0.25) is 9.59 Å². The Bertz CT molecular complexity index is 447. The van der Waals surface area contributed by atoms with Crippen LogP contribution in [0, 0.1) is 0 Å². The van der Waals surface area contributed by atoms with Gasteiger partial charge >= 0.3 is 11.9 Å². The number of carboxylic acid groups (broad SMARTS) is 1. The van der Waals surface area contributed by atoms with Crippen LogP contribution in [0.3, 0.4) is 0 Å². The van der Waals surface area contributed by atoms with E-state index in [1.807, 2.05) is 30.3 Å². The quantitative estimate of drug-likeness (QED) is 0.484. The van der Waals surface area contributed by atoms with Gasteiger partial charge in [-0.25, -0.2) is 0 Å². The van der Waals surface area contributed by atoms with Crippen molar-refractivity contribution in [2.75, 3.05) is 0 Å². The number of hydrogen-bond donors (Lipinski definition) is 2. The summed E-state index contributed by atoms with van der Waals surface area (Å²) in [6, 6.07) is 8.92. The van der Waals surface area contributed by atoms with E-state index in [0.717, 1.165) is 31.2 Å². The Hall–Kier alpha value is -1.88. The summed E-state index contributed by atoms with van der Waals surface area (Å²) in [4.78, 5) is 22.1. The number of unbranched alkanes of at least 4 members (excludes halogenated alkanes) is 4. The molecule has 22 heavy (non-hydrogen) atoms. The van der Waals surface area contributed by atoms with E-state index in [9.17, 15) is 9.59 Å². The highest BCUT2D eigenvalue weighted by atomic mass is 16.5. The number of esters is 1. The van der Waals surface area contributed by atoms with E-state index in [-0.39, 0.29) is 19.0 Å². The van der Waals surface area contributed by atoms with Crippen LogP contribution in [0.1, 0.15) is 50.5 Å². The molecule has 0 spiro atoms. The highest BCUT2D eigenvalue weighted by Gasteiger charge is 2.14. The van der Waals surface area contributed by atoms with Gasteiger partial charge in [0, 0.05) is 6.42 Å². The Labute approximate surface area is 131 Å². The molecule has 0 heterocycles. The van der Waals surface area contributed by atoms with E-state index in [0.29, 0.717) is 12.8 Å². The summed E-state index contributed by atoms with van der Waals surface area (Å²) in [6.45, 7) is 0.253. The average molecular weight is 307 g/mol. The first kappa shape index (κ1) is 18.2. The molecule has 1 unspecified atom stereocenters. The molecule has 122 valence electrons. The van der Waals surface area contributed by atoms with Gasteiger partial charge in [-0.1, -0.05) is 56.0 Å². The zero-order chi connectivity index (χ0) is 16.2. The molecule has 0 saturated carbocycles. The maximum absolute atomic E-state index is 11.7. The molecule has 0 radical (unpaired) electrons. The molecule has 0 saturated heterocycles. The lowest BCUT2D eigenvalue weighted by Crippen LogP contribution is -2.32. The summed E-state index contributed by atoms with van der Waals surface area (Å²) >= 11 is 0. The number of aliphatic carboxylic acids is 1. The number of nitrogens with two attached hydrogens (primary N) is 1. The first-order valence-corrected chi connectivity index (χ1v) is 7.77. The third-order valence-corrected chi connectivity index (χ3v) is 3.43. The fourth-order valence-corrected chi connectivity index (χ4v) is 2.12. The number of benzene rings is 1. The molecule has 3 N–H and O–H groups in total. The summed E-state index contributed by atoms with van der Waals surface area (Å²) < 4.78 is 5.18. The first-order valence-electron chi connectivity index (χ1n) is 7.77. The van der Waals surface area contributed by atoms with E-state index in [1.54, 1.807) is 0 Å². The van der Waals surface area contributed by atoms with Crippen molar-refractivity contribution >= 4 is 11.9 Å². The van der Waals surface area contributed by atoms with Gasteiger partial charge in [-0.2, -0.15) is 0 Å². The lowest BCUT2D eigenvalue weighted by molar-refractivity contribution is -0.146. The van der Waals surface area contributed by atoms with Crippen LogP contribution in [0.25, 0.3) is 0 Å². The number of carboxylic acids is 1. The van der Waals surface area contributed by atoms with Crippen LogP contribution in [0.15, 0.2) is 30.3 Å². The minimum atomic E-state index is -0.747. The Kier molecular flexibility index (Phi) is 8.91. The monoisotopic (exact) mass is 307 g/mol. The number of ether oxygens (including phenoxy) is 1. The SMILES string of the molecule is NC(CCCCCCCC(=O)O)C(=O)OCc1ccccc1. The smallest absolute Gasteiger partial charge is 0.323 e. The highest BCUT2D eigenvalue weighted by molar-refractivity contribution is 5.75. The topological polar surface area (TPSA) is 89.6 Å². The van der Waals surface area contributed by atoms with Crippen LogP contribution in [0.5, 0.6) is 0 Å². The van der Waals surface area contributed by atoms with Gasteiger partial charge in [0.05, 0.1) is 0 Å². The van der Waals surface area contributed by atoms with E-state index >= 15 is 0 Å². The van der Waals surface area contributed by atoms with Gasteiger partial charge in [0.1, 0.15) is 12.6 Å². The van der Waals surface area contributed by atoms with Crippen molar-refractivity contribution in [3.63, 3.8) is 0 Å². The van der Waals surface area contributed by atoms with Crippen molar-refractivity contribution in [3.05, 3.63) is 35.9 Å². The second-order valence-electron chi connectivity index (χ2n) is 5.40. The summed E-state index contributed by atoms with van der Waals surface area (Å²) in [5.74, 6) is -1.11. The molecule has 0 aliphatic rings. The standard InChI is InChI=1S/C17H25NO4/c18-15(11-7-2-1-3-8-12-16(19)20)17(21)22-13-14-9-5-4-6-10-14/h4-6,9-10,15H,1-3,7-8,11-13,18H2,(H,19,20). The summed E-state index contributed by atoms with van der Waals surface area (Å²) in [5, 5.41) is 8.51. The molecule has 1 atom stereocenters. The fraction of sp³-hybridized carbons (Fsp3) is 0.529. The molecule has 0 amide bonds. The lowest BCUT2D eigenvalue weighted by atomic mass is 10.1. The average Bonchev–Trinajstić information content (AvgIpc) is 2.52. The van der Waals surface area contributed by atoms with E-state index in [1.165, 1.54) is 0 Å². The predicted octanol–water partition coefficient (Wildman–Crippen LogP) is 2.87. The molecule has 5 nitrogen and oxygen atoms in total. The minimum absolute atomic E-state index is 0.228. The molecule has 0 aliphatic carbocycles. The first-order chi connectivity index (χ1) is 10.6. The number of carbonyl (C=O) groups excluding carboxylic acids is 1. The molecule has 5 heteroatoms. The van der Waals surface area contributed by atoms with Gasteiger partial charge in [0.25, 0.3) is 0 Å². The zero-order valence-electron chi connectivity index (χ0n) is 12.9. The molecule has 1 aromatic rings. The van der Waals surface area contributed by atoms with E-state index < -0.39 is 12.0 Å². The largest absolute Gasteiger partial charge is 0.481 e. The fourth-order valence-electron chi connectivity index (χ4n) is 2.12. The van der Waals surface area contributed by atoms with Crippen LogP contribution in [0.4, 0.5) is 0 Å². The predicted molar refractivity (Wildman–Crippen MR) is 84.2 cm³/mol. The van der Waals surface area contributed by atoms with Crippen molar-refractivity contribution in [2.24, 2.45) is 5.73 Å². The highest BCUT2D eigenvalue weighted by Crippen LogP contribution is 2.09. The van der Waals surface area contributed by atoms with E-state index in [2.05, 4.69) is 0 Å². The van der Waals surface area contributed by atoms with Gasteiger partial charge in [0.2, 0.25) is 0 Å². The van der Waals surface area contributed by atoms with Crippen LogP contribution >= 0.6 is 0 Å². The molecule has 1 rings (SSSR count). The molecule has 1 aromatic carbocycles. The summed E-state index contributed by atoms with van der Waals surface area (Å²) in [5.41, 5.74) is 6.76. The summed E-state index contributed by atoms with van der Waals surface area (Å²) in [7, 11) is 0. The van der Waals surface area contributed by atoms with Crippen LogP contribution in [0.2, 0.25) is 0 Å². The second kappa shape index (κ2) is 10.8. The van der Waals surface area contributed by atoms with Crippen molar-refractivity contribution in [2.45, 2.75) is 57.6 Å². The Morgan fingerprint density at radius 3 is 2.36 bits per heavy atom. The van der Waals surface area contributed by atoms with Crippen LogP contribution < -0.4 is 5.73 Å². The van der Waals surface area contributed by atoms with Crippen molar-refractivity contribution in [1.29, 1.82) is 0 Å². The number of carbonyl (C=O) groups is 2. The zero-order valence-corrected chi connectivity index (χ0v) is 12.9. The van der Waals surface area contributed by atoms with Crippen LogP contribution in [-0.2, 0) is 20.9 Å². The maximum atomic E-state index is 11.7. The van der Waals surface area contributed by atoms with Crippen molar-refractivity contribution in [1.82, 2.24) is 0 Å². The van der Waals surface area contributed by atoms with Gasteiger partial charge in [0.15, 0.2) is 0 Å².